The van der Waals surface area contributed by atoms with Crippen molar-refractivity contribution in [2.75, 3.05) is 13.1 Å². The summed E-state index contributed by atoms with van der Waals surface area (Å²) in [5.74, 6) is 1.80. The monoisotopic (exact) mass is 281 g/mol. The standard InChI is InChI=1S/C19H39N/c1-7-9-11-19(5,6)13-17-15-20-14-16(17)12-18(3,4)10-8-2/h16-17,20H,7-15H2,1-6H3. The zero-order valence-corrected chi connectivity index (χ0v) is 15.0. The molecule has 1 rings (SSSR count). The second kappa shape index (κ2) is 7.82. The first kappa shape index (κ1) is 18.0. The molecule has 0 aliphatic carbocycles. The van der Waals surface area contributed by atoms with Crippen molar-refractivity contribution in [1.82, 2.24) is 5.32 Å². The number of hydrogen-bond donors (Lipinski definition) is 1. The topological polar surface area (TPSA) is 12.0 Å². The van der Waals surface area contributed by atoms with E-state index in [1.54, 1.807) is 0 Å². The van der Waals surface area contributed by atoms with Crippen LogP contribution in [0.4, 0.5) is 0 Å². The molecule has 120 valence electrons. The van der Waals surface area contributed by atoms with Crippen LogP contribution in [0, 0.1) is 22.7 Å². The first-order valence-electron chi connectivity index (χ1n) is 9.00. The molecule has 2 unspecified atom stereocenters. The van der Waals surface area contributed by atoms with Crippen LogP contribution in [0.25, 0.3) is 0 Å². The quantitative estimate of drug-likeness (QED) is 0.576. The van der Waals surface area contributed by atoms with Crippen molar-refractivity contribution in [3.05, 3.63) is 0 Å². The van der Waals surface area contributed by atoms with E-state index in [1.165, 1.54) is 58.0 Å². The first-order valence-corrected chi connectivity index (χ1v) is 9.00. The molecule has 1 heteroatoms. The fourth-order valence-electron chi connectivity index (χ4n) is 4.22. The van der Waals surface area contributed by atoms with Crippen LogP contribution in [0.3, 0.4) is 0 Å². The van der Waals surface area contributed by atoms with Crippen LogP contribution in [0.1, 0.15) is 86.5 Å². The summed E-state index contributed by atoms with van der Waals surface area (Å²) in [7, 11) is 0. The van der Waals surface area contributed by atoms with Gasteiger partial charge in [0.05, 0.1) is 0 Å². The highest BCUT2D eigenvalue weighted by atomic mass is 14.9. The molecule has 0 radical (unpaired) electrons. The molecule has 1 aliphatic heterocycles. The predicted octanol–water partition coefficient (Wildman–Crippen LogP) is 5.64. The van der Waals surface area contributed by atoms with Crippen LogP contribution < -0.4 is 5.32 Å². The van der Waals surface area contributed by atoms with E-state index < -0.39 is 0 Å². The van der Waals surface area contributed by atoms with E-state index in [4.69, 9.17) is 0 Å². The Labute approximate surface area is 128 Å². The Morgan fingerprint density at radius 1 is 0.800 bits per heavy atom. The molecule has 20 heavy (non-hydrogen) atoms. The van der Waals surface area contributed by atoms with Gasteiger partial charge in [-0.3, -0.25) is 0 Å². The highest BCUT2D eigenvalue weighted by molar-refractivity contribution is 4.88. The Hall–Kier alpha value is -0.0400. The summed E-state index contributed by atoms with van der Waals surface area (Å²) in [6, 6.07) is 0. The molecule has 0 bridgehead atoms. The SMILES string of the molecule is CCCCC(C)(C)CC1CNCC1CC(C)(C)CCC. The smallest absolute Gasteiger partial charge is 0.00171 e. The lowest BCUT2D eigenvalue weighted by molar-refractivity contribution is 0.174. The summed E-state index contributed by atoms with van der Waals surface area (Å²) in [4.78, 5) is 0. The van der Waals surface area contributed by atoms with Gasteiger partial charge in [-0.1, -0.05) is 60.8 Å². The number of unbranched alkanes of at least 4 members (excludes halogenated alkanes) is 1. The zero-order valence-electron chi connectivity index (χ0n) is 15.0. The van der Waals surface area contributed by atoms with Crippen molar-refractivity contribution < 1.29 is 0 Å². The lowest BCUT2D eigenvalue weighted by Crippen LogP contribution is -2.26. The summed E-state index contributed by atoms with van der Waals surface area (Å²) < 4.78 is 0. The molecule has 0 saturated carbocycles. The molecule has 1 nitrogen and oxygen atoms in total. The van der Waals surface area contributed by atoms with Crippen LogP contribution >= 0.6 is 0 Å². The maximum atomic E-state index is 3.67. The molecular formula is C19H39N. The normalized spacial score (nSPS) is 24.3. The third kappa shape index (κ3) is 6.16. The molecule has 1 saturated heterocycles. The Morgan fingerprint density at radius 3 is 1.75 bits per heavy atom. The Bertz CT molecular complexity index is 267. The van der Waals surface area contributed by atoms with Crippen molar-refractivity contribution in [1.29, 1.82) is 0 Å². The highest BCUT2D eigenvalue weighted by Crippen LogP contribution is 2.40. The van der Waals surface area contributed by atoms with Crippen molar-refractivity contribution >= 4 is 0 Å². The predicted molar refractivity (Wildman–Crippen MR) is 91.1 cm³/mol. The minimum atomic E-state index is 0.525. The van der Waals surface area contributed by atoms with Gasteiger partial charge in [0.15, 0.2) is 0 Å². The molecule has 0 aromatic heterocycles. The third-order valence-corrected chi connectivity index (χ3v) is 5.24. The molecule has 2 atom stereocenters. The summed E-state index contributed by atoms with van der Waals surface area (Å²) in [6.45, 7) is 17.0. The molecule has 0 aromatic rings. The molecule has 0 amide bonds. The van der Waals surface area contributed by atoms with Crippen LogP contribution in [-0.2, 0) is 0 Å². The molecule has 1 aliphatic rings. The highest BCUT2D eigenvalue weighted by Gasteiger charge is 2.35. The Morgan fingerprint density at radius 2 is 1.30 bits per heavy atom. The number of rotatable bonds is 9. The number of hydrogen-bond acceptors (Lipinski definition) is 1. The lowest BCUT2D eigenvalue weighted by Gasteiger charge is -2.34. The maximum absolute atomic E-state index is 3.67. The summed E-state index contributed by atoms with van der Waals surface area (Å²) >= 11 is 0. The van der Waals surface area contributed by atoms with E-state index in [2.05, 4.69) is 46.9 Å². The van der Waals surface area contributed by atoms with Crippen LogP contribution in [0.2, 0.25) is 0 Å². The van der Waals surface area contributed by atoms with Gasteiger partial charge < -0.3 is 5.32 Å². The maximum Gasteiger partial charge on any atom is -0.00171 e. The van der Waals surface area contributed by atoms with Gasteiger partial charge >= 0.3 is 0 Å². The van der Waals surface area contributed by atoms with Gasteiger partial charge in [0.2, 0.25) is 0 Å². The average molecular weight is 282 g/mol. The van der Waals surface area contributed by atoms with Crippen molar-refractivity contribution in [2.24, 2.45) is 22.7 Å². The Kier molecular flexibility index (Phi) is 7.04. The molecule has 1 fully saturated rings. The van der Waals surface area contributed by atoms with E-state index in [-0.39, 0.29) is 0 Å². The molecule has 0 spiro atoms. The van der Waals surface area contributed by atoms with Gasteiger partial charge in [0.1, 0.15) is 0 Å². The molecule has 1 heterocycles. The first-order chi connectivity index (χ1) is 9.29. The summed E-state index contributed by atoms with van der Waals surface area (Å²) in [5, 5.41) is 3.67. The lowest BCUT2D eigenvalue weighted by atomic mass is 9.71. The third-order valence-electron chi connectivity index (χ3n) is 5.24. The van der Waals surface area contributed by atoms with Gasteiger partial charge in [-0.2, -0.15) is 0 Å². The minimum Gasteiger partial charge on any atom is -0.316 e. The van der Waals surface area contributed by atoms with Gasteiger partial charge in [-0.05, 0) is 61.4 Å². The van der Waals surface area contributed by atoms with E-state index in [0.717, 1.165) is 11.8 Å². The van der Waals surface area contributed by atoms with Gasteiger partial charge in [0, 0.05) is 0 Å². The van der Waals surface area contributed by atoms with Gasteiger partial charge in [-0.15, -0.1) is 0 Å². The second-order valence-corrected chi connectivity index (χ2v) is 8.77. The van der Waals surface area contributed by atoms with Gasteiger partial charge in [-0.25, -0.2) is 0 Å². The van der Waals surface area contributed by atoms with Crippen molar-refractivity contribution in [3.8, 4) is 0 Å². The fraction of sp³-hybridized carbons (Fsp3) is 1.00. The van der Waals surface area contributed by atoms with E-state index in [9.17, 15) is 0 Å². The molecule has 1 N–H and O–H groups in total. The average Bonchev–Trinajstić information content (AvgIpc) is 2.72. The largest absolute Gasteiger partial charge is 0.316 e. The second-order valence-electron chi connectivity index (χ2n) is 8.77. The minimum absolute atomic E-state index is 0.525. The van der Waals surface area contributed by atoms with E-state index >= 15 is 0 Å². The van der Waals surface area contributed by atoms with E-state index in [1.807, 2.05) is 0 Å². The summed E-state index contributed by atoms with van der Waals surface area (Å²) in [6.07, 6.45) is 9.62. The molecular weight excluding hydrogens is 242 g/mol. The summed E-state index contributed by atoms with van der Waals surface area (Å²) in [5.41, 5.74) is 1.05. The van der Waals surface area contributed by atoms with Crippen LogP contribution in [-0.4, -0.2) is 13.1 Å². The number of nitrogens with one attached hydrogen (secondary N) is 1. The van der Waals surface area contributed by atoms with Crippen molar-refractivity contribution in [2.45, 2.75) is 86.5 Å². The zero-order chi connectivity index (χ0) is 15.2. The molecule has 0 aromatic carbocycles. The van der Waals surface area contributed by atoms with Crippen LogP contribution in [0.5, 0.6) is 0 Å². The van der Waals surface area contributed by atoms with Gasteiger partial charge in [0.25, 0.3) is 0 Å². The Balaban J connectivity index is 2.52. The van der Waals surface area contributed by atoms with E-state index in [0.29, 0.717) is 10.8 Å². The van der Waals surface area contributed by atoms with Crippen molar-refractivity contribution in [3.63, 3.8) is 0 Å². The fourth-order valence-corrected chi connectivity index (χ4v) is 4.22. The van der Waals surface area contributed by atoms with Crippen LogP contribution in [0.15, 0.2) is 0 Å².